The number of nitrogens with zero attached hydrogens (tertiary/aromatic N) is 5. The monoisotopic (exact) mass is 509 g/mol. The zero-order chi connectivity index (χ0) is 24.9. The minimum Gasteiger partial charge on any atom is -0.384 e. The number of anilines is 1. The number of hydrogen-bond donors (Lipinski definition) is 0. The highest BCUT2D eigenvalue weighted by atomic mass is 32.2. The van der Waals surface area contributed by atoms with Crippen LogP contribution in [0.4, 0.5) is 10.2 Å². The summed E-state index contributed by atoms with van der Waals surface area (Å²) in [5, 5.41) is 4.56. The molecule has 8 nitrogen and oxygen atoms in total. The third-order valence-electron chi connectivity index (χ3n) is 7.55. The van der Waals surface area contributed by atoms with Gasteiger partial charge >= 0.3 is 0 Å². The van der Waals surface area contributed by atoms with E-state index in [2.05, 4.69) is 21.1 Å². The second-order valence-electron chi connectivity index (χ2n) is 9.78. The van der Waals surface area contributed by atoms with E-state index in [1.807, 2.05) is 10.9 Å². The highest BCUT2D eigenvalue weighted by Crippen LogP contribution is 2.45. The molecular formula is C26H28FN5O3S. The van der Waals surface area contributed by atoms with Crippen molar-refractivity contribution in [1.29, 1.82) is 0 Å². The van der Waals surface area contributed by atoms with Crippen molar-refractivity contribution in [2.24, 2.45) is 5.41 Å². The summed E-state index contributed by atoms with van der Waals surface area (Å²) in [7, 11) is -2.06. The van der Waals surface area contributed by atoms with Gasteiger partial charge in [-0.2, -0.15) is 9.40 Å². The third-order valence-corrected chi connectivity index (χ3v) is 9.38. The molecule has 2 aliphatic heterocycles. The van der Waals surface area contributed by atoms with Gasteiger partial charge in [-0.3, -0.25) is 0 Å². The van der Waals surface area contributed by atoms with Crippen molar-refractivity contribution in [3.63, 3.8) is 0 Å². The van der Waals surface area contributed by atoms with E-state index in [0.29, 0.717) is 32.5 Å². The summed E-state index contributed by atoms with van der Waals surface area (Å²) in [6.07, 6.45) is 7.74. The number of hydrogen-bond acceptors (Lipinski definition) is 6. The first kappa shape index (κ1) is 23.3. The Balaban J connectivity index is 1.30. The third kappa shape index (κ3) is 3.84. The summed E-state index contributed by atoms with van der Waals surface area (Å²) >= 11 is 0. The molecule has 188 valence electrons. The molecule has 0 saturated carbocycles. The lowest BCUT2D eigenvalue weighted by atomic mass is 9.69. The SMILES string of the molecule is COCC12Cc3cnn(-c4ccc(F)cc4)c3C=C1CCN(S(=O)(=O)c1ccc(N3CCC3)nc1)C2. The lowest BCUT2D eigenvalue weighted by Gasteiger charge is -2.45. The van der Waals surface area contributed by atoms with E-state index in [-0.39, 0.29) is 10.7 Å². The van der Waals surface area contributed by atoms with E-state index in [1.165, 1.54) is 18.3 Å². The molecule has 0 spiro atoms. The lowest BCUT2D eigenvalue weighted by molar-refractivity contribution is 0.0733. The first-order valence-corrected chi connectivity index (χ1v) is 13.6. The molecule has 10 heteroatoms. The van der Waals surface area contributed by atoms with Crippen LogP contribution >= 0.6 is 0 Å². The molecule has 1 unspecified atom stereocenters. The number of aromatic nitrogens is 3. The van der Waals surface area contributed by atoms with Crippen LogP contribution in [0, 0.1) is 11.2 Å². The first-order valence-electron chi connectivity index (χ1n) is 12.1. The van der Waals surface area contributed by atoms with Gasteiger partial charge in [-0.05, 0) is 67.3 Å². The number of benzene rings is 1. The molecule has 1 atom stereocenters. The fraction of sp³-hybridized carbons (Fsp3) is 0.385. The molecule has 2 fully saturated rings. The highest BCUT2D eigenvalue weighted by molar-refractivity contribution is 7.89. The first-order chi connectivity index (χ1) is 17.4. The van der Waals surface area contributed by atoms with Crippen LogP contribution in [0.1, 0.15) is 24.1 Å². The number of halogens is 1. The van der Waals surface area contributed by atoms with Crippen LogP contribution in [0.3, 0.4) is 0 Å². The number of piperidine rings is 1. The van der Waals surface area contributed by atoms with Gasteiger partial charge in [-0.25, -0.2) is 22.5 Å². The highest BCUT2D eigenvalue weighted by Gasteiger charge is 2.46. The second kappa shape index (κ2) is 8.79. The number of rotatable bonds is 6. The smallest absolute Gasteiger partial charge is 0.244 e. The molecule has 3 aromatic rings. The number of fused-ring (bicyclic) bond motifs is 2. The Morgan fingerprint density at radius 1 is 1.08 bits per heavy atom. The minimum absolute atomic E-state index is 0.215. The number of pyridine rings is 1. The van der Waals surface area contributed by atoms with E-state index in [4.69, 9.17) is 4.74 Å². The van der Waals surface area contributed by atoms with Crippen molar-refractivity contribution < 1.29 is 17.5 Å². The molecule has 6 rings (SSSR count). The molecule has 0 amide bonds. The minimum atomic E-state index is -3.71. The maximum Gasteiger partial charge on any atom is 0.244 e. The Hall–Kier alpha value is -3.08. The van der Waals surface area contributed by atoms with Gasteiger partial charge in [0.15, 0.2) is 0 Å². The van der Waals surface area contributed by atoms with Crippen LogP contribution in [-0.2, 0) is 21.2 Å². The average Bonchev–Trinajstić information content (AvgIpc) is 3.24. The molecule has 2 aromatic heterocycles. The predicted octanol–water partition coefficient (Wildman–Crippen LogP) is 3.28. The maximum atomic E-state index is 13.6. The molecule has 0 bridgehead atoms. The van der Waals surface area contributed by atoms with Gasteiger partial charge in [-0.1, -0.05) is 5.57 Å². The fourth-order valence-electron chi connectivity index (χ4n) is 5.50. The van der Waals surface area contributed by atoms with Crippen LogP contribution in [0.25, 0.3) is 11.8 Å². The molecule has 1 aromatic carbocycles. The zero-order valence-corrected chi connectivity index (χ0v) is 20.9. The van der Waals surface area contributed by atoms with Crippen LogP contribution < -0.4 is 4.90 Å². The van der Waals surface area contributed by atoms with Crippen molar-refractivity contribution in [2.75, 3.05) is 44.8 Å². The quantitative estimate of drug-likeness (QED) is 0.507. The van der Waals surface area contributed by atoms with E-state index in [1.54, 1.807) is 35.7 Å². The number of sulfonamides is 1. The Kier molecular flexibility index (Phi) is 5.70. The van der Waals surface area contributed by atoms with Crippen molar-refractivity contribution in [3.8, 4) is 5.69 Å². The van der Waals surface area contributed by atoms with Crippen molar-refractivity contribution in [2.45, 2.75) is 24.2 Å². The predicted molar refractivity (Wildman–Crippen MR) is 134 cm³/mol. The molecule has 0 radical (unpaired) electrons. The van der Waals surface area contributed by atoms with Crippen molar-refractivity contribution in [1.82, 2.24) is 19.1 Å². The Morgan fingerprint density at radius 2 is 1.89 bits per heavy atom. The molecule has 36 heavy (non-hydrogen) atoms. The van der Waals surface area contributed by atoms with E-state index in [0.717, 1.165) is 47.8 Å². The van der Waals surface area contributed by atoms with Crippen molar-refractivity contribution in [3.05, 3.63) is 71.4 Å². The summed E-state index contributed by atoms with van der Waals surface area (Å²) in [6.45, 7) is 3.02. The van der Waals surface area contributed by atoms with Gasteiger partial charge in [0.1, 0.15) is 16.5 Å². The summed E-state index contributed by atoms with van der Waals surface area (Å²) in [5.41, 5.74) is 3.42. The zero-order valence-electron chi connectivity index (χ0n) is 20.1. The Bertz CT molecular complexity index is 1410. The Morgan fingerprint density at radius 3 is 2.56 bits per heavy atom. The molecule has 4 heterocycles. The summed E-state index contributed by atoms with van der Waals surface area (Å²) in [5.74, 6) is 0.522. The largest absolute Gasteiger partial charge is 0.384 e. The van der Waals surface area contributed by atoms with Gasteiger partial charge in [0, 0.05) is 44.9 Å². The van der Waals surface area contributed by atoms with Gasteiger partial charge in [0.2, 0.25) is 10.0 Å². The van der Waals surface area contributed by atoms with Gasteiger partial charge in [0.25, 0.3) is 0 Å². The average molecular weight is 510 g/mol. The molecule has 3 aliphatic rings. The van der Waals surface area contributed by atoms with Gasteiger partial charge in [0.05, 0.1) is 24.2 Å². The van der Waals surface area contributed by atoms with Crippen LogP contribution in [-0.4, -0.2) is 67.4 Å². The number of ether oxygens (including phenoxy) is 1. The van der Waals surface area contributed by atoms with E-state index >= 15 is 0 Å². The topological polar surface area (TPSA) is 80.6 Å². The maximum absolute atomic E-state index is 13.6. The van der Waals surface area contributed by atoms with Gasteiger partial charge in [-0.15, -0.1) is 0 Å². The molecule has 0 N–H and O–H groups in total. The summed E-state index contributed by atoms with van der Waals surface area (Å²) < 4.78 is 49.7. The second-order valence-corrected chi connectivity index (χ2v) is 11.7. The normalized spacial score (nSPS) is 21.9. The molecule has 2 saturated heterocycles. The lowest BCUT2D eigenvalue weighted by Crippen LogP contribution is -2.51. The van der Waals surface area contributed by atoms with E-state index in [9.17, 15) is 12.8 Å². The van der Waals surface area contributed by atoms with Crippen LogP contribution in [0.2, 0.25) is 0 Å². The van der Waals surface area contributed by atoms with Gasteiger partial charge < -0.3 is 9.64 Å². The summed E-state index contributed by atoms with van der Waals surface area (Å²) in [6, 6.07) is 9.70. The number of methoxy groups -OCH3 is 1. The Labute approximate surface area is 210 Å². The van der Waals surface area contributed by atoms with Crippen molar-refractivity contribution >= 4 is 21.9 Å². The van der Waals surface area contributed by atoms with Crippen LogP contribution in [0.15, 0.2) is 59.3 Å². The molecule has 1 aliphatic carbocycles. The summed E-state index contributed by atoms with van der Waals surface area (Å²) in [4.78, 5) is 6.76. The standard InChI is InChI=1S/C26H28FN5O3S/c1-35-18-26-14-19-15-29-32(22-5-3-21(27)4-6-22)24(19)13-20(26)9-12-31(17-26)36(33,34)23-7-8-25(28-16-23)30-10-2-11-30/h3-8,13,15-16H,2,9-12,14,17-18H2,1H3. The van der Waals surface area contributed by atoms with Crippen LogP contribution in [0.5, 0.6) is 0 Å². The fourth-order valence-corrected chi connectivity index (χ4v) is 6.97. The molecular weight excluding hydrogens is 481 g/mol. The van der Waals surface area contributed by atoms with E-state index < -0.39 is 15.4 Å².